The molecule has 0 aliphatic carbocycles. The van der Waals surface area contributed by atoms with Gasteiger partial charge in [-0.3, -0.25) is 44.0 Å². The Hall–Kier alpha value is -3.93. The third-order valence-electron chi connectivity index (χ3n) is 9.48. The summed E-state index contributed by atoms with van der Waals surface area (Å²) in [4.78, 5) is 70.4. The Labute approximate surface area is 263 Å². The van der Waals surface area contributed by atoms with Gasteiger partial charge in [0.2, 0.25) is 17.7 Å². The molecule has 11 nitrogen and oxygen atoms in total. The first kappa shape index (κ1) is 31.1. The van der Waals surface area contributed by atoms with Crippen molar-refractivity contribution in [1.82, 2.24) is 24.9 Å². The number of imide groups is 2. The highest BCUT2D eigenvalue weighted by molar-refractivity contribution is 6.23. The molecule has 45 heavy (non-hydrogen) atoms. The summed E-state index contributed by atoms with van der Waals surface area (Å²) in [7, 11) is 0. The van der Waals surface area contributed by atoms with Crippen molar-refractivity contribution in [3.05, 3.63) is 59.2 Å². The number of benzene rings is 2. The van der Waals surface area contributed by atoms with Crippen molar-refractivity contribution in [2.45, 2.75) is 45.2 Å². The van der Waals surface area contributed by atoms with Crippen LogP contribution in [0.3, 0.4) is 0 Å². The molecule has 3 fully saturated rings. The minimum absolute atomic E-state index is 0.0880. The number of rotatable bonds is 9. The molecule has 4 heterocycles. The van der Waals surface area contributed by atoms with Crippen LogP contribution in [-0.4, -0.2) is 114 Å². The van der Waals surface area contributed by atoms with Crippen LogP contribution in [0, 0.1) is 5.92 Å². The van der Waals surface area contributed by atoms with Gasteiger partial charge < -0.3 is 9.64 Å². The fourth-order valence-corrected chi connectivity index (χ4v) is 6.91. The molecule has 0 spiro atoms. The van der Waals surface area contributed by atoms with Gasteiger partial charge in [0.15, 0.2) is 0 Å². The number of ether oxygens (including phenoxy) is 1. The number of hydrogen-bond acceptors (Lipinski definition) is 8. The molecule has 5 amide bonds. The van der Waals surface area contributed by atoms with Crippen LogP contribution in [0.25, 0.3) is 11.1 Å². The monoisotopic (exact) mass is 615 g/mol. The van der Waals surface area contributed by atoms with Gasteiger partial charge in [0, 0.05) is 52.3 Å². The van der Waals surface area contributed by atoms with Crippen LogP contribution < -0.4 is 5.32 Å². The number of hydrogen-bond donors (Lipinski definition) is 1. The lowest BCUT2D eigenvalue weighted by atomic mass is 9.95. The lowest BCUT2D eigenvalue weighted by molar-refractivity contribution is -0.138. The molecule has 6 rings (SSSR count). The van der Waals surface area contributed by atoms with Gasteiger partial charge in [-0.2, -0.15) is 0 Å². The Morgan fingerprint density at radius 3 is 2.31 bits per heavy atom. The zero-order valence-electron chi connectivity index (χ0n) is 25.8. The molecule has 0 aromatic heterocycles. The number of nitrogens with one attached hydrogen (secondary N) is 1. The van der Waals surface area contributed by atoms with Crippen LogP contribution in [0.1, 0.15) is 58.9 Å². The van der Waals surface area contributed by atoms with Gasteiger partial charge in [0.05, 0.1) is 11.1 Å². The summed E-state index contributed by atoms with van der Waals surface area (Å²) in [6, 6.07) is 12.5. The second-order valence-electron chi connectivity index (χ2n) is 12.4. The lowest BCUT2D eigenvalue weighted by Crippen LogP contribution is -2.54. The first-order valence-corrected chi connectivity index (χ1v) is 16.1. The van der Waals surface area contributed by atoms with Gasteiger partial charge in [-0.1, -0.05) is 24.3 Å². The van der Waals surface area contributed by atoms with E-state index in [1.807, 2.05) is 30.0 Å². The SMILES string of the molecule is CCOCC(=O)N1CCN(CC2CCN(Cc3cccc(-c4ccc5c(c4)C(=O)N(C4CCC(=O)NC4=O)C5=O)c3)CC2)CC1. The predicted octanol–water partition coefficient (Wildman–Crippen LogP) is 2.15. The summed E-state index contributed by atoms with van der Waals surface area (Å²) in [5, 5.41) is 2.24. The molecule has 3 saturated heterocycles. The molecule has 1 atom stereocenters. The van der Waals surface area contributed by atoms with E-state index in [0.717, 1.165) is 81.2 Å². The second kappa shape index (κ2) is 13.6. The third-order valence-corrected chi connectivity index (χ3v) is 9.48. The van der Waals surface area contributed by atoms with E-state index in [1.165, 1.54) is 5.56 Å². The van der Waals surface area contributed by atoms with Gasteiger partial charge in [0.25, 0.3) is 11.8 Å². The highest BCUT2D eigenvalue weighted by Crippen LogP contribution is 2.32. The zero-order valence-corrected chi connectivity index (χ0v) is 25.8. The molecule has 0 radical (unpaired) electrons. The molecule has 2 aromatic rings. The maximum Gasteiger partial charge on any atom is 0.262 e. The number of piperidine rings is 2. The predicted molar refractivity (Wildman–Crippen MR) is 166 cm³/mol. The molecule has 0 saturated carbocycles. The second-order valence-corrected chi connectivity index (χ2v) is 12.4. The normalized spacial score (nSPS) is 21.8. The first-order chi connectivity index (χ1) is 21.8. The van der Waals surface area contributed by atoms with E-state index in [1.54, 1.807) is 12.1 Å². The largest absolute Gasteiger partial charge is 0.372 e. The molecule has 0 bridgehead atoms. The number of likely N-dealkylation sites (tertiary alicyclic amines) is 1. The van der Waals surface area contributed by atoms with E-state index in [-0.39, 0.29) is 36.5 Å². The third kappa shape index (κ3) is 6.85. The number of amides is 5. The van der Waals surface area contributed by atoms with Crippen LogP contribution in [0.5, 0.6) is 0 Å². The Balaban J connectivity index is 1.02. The van der Waals surface area contributed by atoms with Crippen molar-refractivity contribution in [2.24, 2.45) is 5.92 Å². The molecule has 1 N–H and O–H groups in total. The Morgan fingerprint density at radius 1 is 0.844 bits per heavy atom. The molecule has 4 aliphatic heterocycles. The van der Waals surface area contributed by atoms with Crippen molar-refractivity contribution in [3.8, 4) is 11.1 Å². The molecular formula is C34H41N5O6. The quantitative estimate of drug-likeness (QED) is 0.427. The van der Waals surface area contributed by atoms with E-state index >= 15 is 0 Å². The summed E-state index contributed by atoms with van der Waals surface area (Å²) in [6.45, 7) is 10.0. The summed E-state index contributed by atoms with van der Waals surface area (Å²) in [5.74, 6) is -1.25. The van der Waals surface area contributed by atoms with Crippen molar-refractivity contribution in [3.63, 3.8) is 0 Å². The fourth-order valence-electron chi connectivity index (χ4n) is 6.91. The van der Waals surface area contributed by atoms with Crippen molar-refractivity contribution >= 4 is 29.5 Å². The number of piperazine rings is 1. The Kier molecular flexibility index (Phi) is 9.39. The maximum absolute atomic E-state index is 13.3. The van der Waals surface area contributed by atoms with E-state index in [0.29, 0.717) is 12.5 Å². The summed E-state index contributed by atoms with van der Waals surface area (Å²) < 4.78 is 5.28. The van der Waals surface area contributed by atoms with Crippen LogP contribution in [-0.2, 0) is 25.7 Å². The molecule has 1 unspecified atom stereocenters. The minimum Gasteiger partial charge on any atom is -0.372 e. The van der Waals surface area contributed by atoms with E-state index in [9.17, 15) is 24.0 Å². The van der Waals surface area contributed by atoms with E-state index < -0.39 is 29.7 Å². The highest BCUT2D eigenvalue weighted by Gasteiger charge is 2.44. The Bertz CT molecular complexity index is 1480. The topological polar surface area (TPSA) is 120 Å². The average molecular weight is 616 g/mol. The zero-order chi connectivity index (χ0) is 31.5. The van der Waals surface area contributed by atoms with Gasteiger partial charge in [0.1, 0.15) is 12.6 Å². The number of carbonyl (C=O) groups is 5. The van der Waals surface area contributed by atoms with Crippen LogP contribution in [0.4, 0.5) is 0 Å². The highest BCUT2D eigenvalue weighted by atomic mass is 16.5. The smallest absolute Gasteiger partial charge is 0.262 e. The van der Waals surface area contributed by atoms with Crippen molar-refractivity contribution < 1.29 is 28.7 Å². The van der Waals surface area contributed by atoms with Crippen molar-refractivity contribution in [2.75, 3.05) is 59.0 Å². The number of fused-ring (bicyclic) bond motifs is 1. The van der Waals surface area contributed by atoms with Gasteiger partial charge in [-0.25, -0.2) is 0 Å². The number of carbonyl (C=O) groups excluding carboxylic acids is 5. The van der Waals surface area contributed by atoms with E-state index in [4.69, 9.17) is 4.74 Å². The van der Waals surface area contributed by atoms with E-state index in [2.05, 4.69) is 27.2 Å². The molecular weight excluding hydrogens is 574 g/mol. The van der Waals surface area contributed by atoms with Crippen molar-refractivity contribution in [1.29, 1.82) is 0 Å². The Morgan fingerprint density at radius 2 is 1.58 bits per heavy atom. The molecule has 238 valence electrons. The maximum atomic E-state index is 13.3. The average Bonchev–Trinajstić information content (AvgIpc) is 3.30. The fraction of sp³-hybridized carbons (Fsp3) is 0.500. The molecule has 2 aromatic carbocycles. The first-order valence-electron chi connectivity index (χ1n) is 16.1. The number of nitrogens with zero attached hydrogens (tertiary/aromatic N) is 4. The van der Waals surface area contributed by atoms with Gasteiger partial charge >= 0.3 is 0 Å². The minimum atomic E-state index is -0.974. The van der Waals surface area contributed by atoms with Gasteiger partial charge in [-0.15, -0.1) is 0 Å². The summed E-state index contributed by atoms with van der Waals surface area (Å²) in [5.41, 5.74) is 3.55. The van der Waals surface area contributed by atoms with Gasteiger partial charge in [-0.05, 0) is 80.1 Å². The molecule has 11 heteroatoms. The standard InChI is InChI=1S/C34H41N5O6/c1-2-45-22-31(41)38-16-14-37(15-17-38)20-23-10-12-36(13-11-23)21-24-4-3-5-25(18-24)26-6-7-27-28(19-26)34(44)39(33(27)43)29-8-9-30(40)35-32(29)42/h3-7,18-19,23,29H,2,8-17,20-22H2,1H3,(H,35,40,42). The van der Waals surface area contributed by atoms with Crippen LogP contribution in [0.2, 0.25) is 0 Å². The lowest BCUT2D eigenvalue weighted by Gasteiger charge is -2.39. The van der Waals surface area contributed by atoms with Crippen LogP contribution >= 0.6 is 0 Å². The summed E-state index contributed by atoms with van der Waals surface area (Å²) in [6.07, 6.45) is 2.52. The molecule has 4 aliphatic rings. The van der Waals surface area contributed by atoms with Crippen LogP contribution in [0.15, 0.2) is 42.5 Å². The summed E-state index contributed by atoms with van der Waals surface area (Å²) >= 11 is 0.